The molecule has 0 saturated heterocycles. The van der Waals surface area contributed by atoms with E-state index in [-0.39, 0.29) is 5.82 Å². The summed E-state index contributed by atoms with van der Waals surface area (Å²) >= 11 is 6.00. The molecule has 18 heavy (non-hydrogen) atoms. The van der Waals surface area contributed by atoms with Crippen LogP contribution in [0.1, 0.15) is 12.6 Å². The lowest BCUT2D eigenvalue weighted by Gasteiger charge is -2.10. The summed E-state index contributed by atoms with van der Waals surface area (Å²) in [7, 11) is 0. The van der Waals surface area contributed by atoms with E-state index in [1.54, 1.807) is 4.68 Å². The number of hydrogen-bond acceptors (Lipinski definition) is 3. The van der Waals surface area contributed by atoms with Crippen LogP contribution in [0.5, 0.6) is 0 Å². The van der Waals surface area contributed by atoms with Crippen molar-refractivity contribution >= 4 is 28.8 Å². The van der Waals surface area contributed by atoms with Crippen LogP contribution in [-0.2, 0) is 6.54 Å². The molecule has 0 atom stereocenters. The normalized spacial score (nSPS) is 10.7. The number of nitrogens with two attached hydrogens (primary N) is 1. The summed E-state index contributed by atoms with van der Waals surface area (Å²) in [6.45, 7) is 4.43. The van der Waals surface area contributed by atoms with E-state index in [1.165, 1.54) is 18.2 Å². The topological polar surface area (TPSA) is 55.9 Å². The molecule has 0 spiro atoms. The number of nitrogen functional groups attached to an aromatic ring is 1. The Hall–Kier alpha value is -1.75. The number of aryl methyl sites for hydroxylation is 2. The lowest BCUT2D eigenvalue weighted by molar-refractivity contribution is 0.628. The first-order valence-corrected chi connectivity index (χ1v) is 5.95. The molecule has 2 rings (SSSR count). The van der Waals surface area contributed by atoms with Crippen molar-refractivity contribution < 1.29 is 4.39 Å². The molecular weight excluding hydrogens is 255 g/mol. The molecule has 0 amide bonds. The highest BCUT2D eigenvalue weighted by atomic mass is 35.5. The number of nitrogens with zero attached hydrogens (tertiary/aromatic N) is 2. The zero-order valence-electron chi connectivity index (χ0n) is 10.2. The maximum absolute atomic E-state index is 13.2. The van der Waals surface area contributed by atoms with Gasteiger partial charge in [-0.3, -0.25) is 0 Å². The molecule has 0 aliphatic rings. The Kier molecular flexibility index (Phi) is 3.43. The second kappa shape index (κ2) is 4.86. The zero-order valence-corrected chi connectivity index (χ0v) is 10.9. The lowest BCUT2D eigenvalue weighted by Crippen LogP contribution is -2.04. The average Bonchev–Trinajstić information content (AvgIpc) is 2.61. The largest absolute Gasteiger partial charge is 0.394 e. The number of benzene rings is 1. The van der Waals surface area contributed by atoms with Crippen molar-refractivity contribution in [3.05, 3.63) is 34.7 Å². The highest BCUT2D eigenvalue weighted by Crippen LogP contribution is 2.30. The fraction of sp³-hybridized carbons (Fsp3) is 0.250. The summed E-state index contributed by atoms with van der Waals surface area (Å²) in [6.07, 6.45) is 0. The van der Waals surface area contributed by atoms with Crippen molar-refractivity contribution in [2.45, 2.75) is 20.4 Å². The van der Waals surface area contributed by atoms with Crippen LogP contribution in [0.4, 0.5) is 21.6 Å². The maximum atomic E-state index is 13.2. The third kappa shape index (κ3) is 2.26. The Morgan fingerprint density at radius 2 is 2.22 bits per heavy atom. The number of nitrogens with one attached hydrogen (secondary N) is 1. The smallest absolute Gasteiger partial charge is 0.152 e. The van der Waals surface area contributed by atoms with Crippen LogP contribution in [0, 0.1) is 12.7 Å². The monoisotopic (exact) mass is 268 g/mol. The Labute approximate surface area is 110 Å². The van der Waals surface area contributed by atoms with E-state index in [1.807, 2.05) is 13.8 Å². The summed E-state index contributed by atoms with van der Waals surface area (Å²) < 4.78 is 14.9. The van der Waals surface area contributed by atoms with E-state index in [0.717, 1.165) is 5.69 Å². The van der Waals surface area contributed by atoms with Crippen molar-refractivity contribution in [1.29, 1.82) is 0 Å². The molecule has 0 fully saturated rings. The molecule has 0 saturated carbocycles. The first kappa shape index (κ1) is 12.7. The first-order chi connectivity index (χ1) is 8.52. The molecule has 0 bridgehead atoms. The van der Waals surface area contributed by atoms with Crippen LogP contribution in [0.15, 0.2) is 18.2 Å². The van der Waals surface area contributed by atoms with Gasteiger partial charge >= 0.3 is 0 Å². The highest BCUT2D eigenvalue weighted by Gasteiger charge is 2.13. The van der Waals surface area contributed by atoms with Gasteiger partial charge in [0.25, 0.3) is 0 Å². The van der Waals surface area contributed by atoms with Gasteiger partial charge < -0.3 is 11.1 Å². The fourth-order valence-corrected chi connectivity index (χ4v) is 1.84. The molecule has 0 radical (unpaired) electrons. The molecular formula is C12H14ClFN4. The molecule has 1 heterocycles. The Bertz CT molecular complexity index is 580. The minimum absolute atomic E-state index is 0.361. The summed E-state index contributed by atoms with van der Waals surface area (Å²) in [5, 5.41) is 7.72. The predicted molar refractivity (Wildman–Crippen MR) is 71.7 cm³/mol. The van der Waals surface area contributed by atoms with Crippen LogP contribution < -0.4 is 11.1 Å². The summed E-state index contributed by atoms with van der Waals surface area (Å²) in [4.78, 5) is 0. The Balaban J connectivity index is 2.42. The minimum Gasteiger partial charge on any atom is -0.394 e. The summed E-state index contributed by atoms with van der Waals surface area (Å²) in [5.41, 5.74) is 7.67. The van der Waals surface area contributed by atoms with Crippen LogP contribution in [0.25, 0.3) is 0 Å². The lowest BCUT2D eigenvalue weighted by atomic mass is 10.3. The van der Waals surface area contributed by atoms with Gasteiger partial charge in [0.15, 0.2) is 5.82 Å². The zero-order chi connectivity index (χ0) is 13.3. The van der Waals surface area contributed by atoms with Gasteiger partial charge in [-0.2, -0.15) is 5.10 Å². The second-order valence-electron chi connectivity index (χ2n) is 3.91. The standard InChI is InChI=1S/C12H14ClFN4/c1-3-18-12(11(15)7(2)17-18)16-10-6-8(14)4-5-9(10)13/h4-6,16H,3,15H2,1-2H3. The third-order valence-electron chi connectivity index (χ3n) is 2.65. The number of aromatic nitrogens is 2. The SMILES string of the molecule is CCn1nc(C)c(N)c1Nc1cc(F)ccc1Cl. The van der Waals surface area contributed by atoms with Gasteiger partial charge in [0, 0.05) is 6.54 Å². The van der Waals surface area contributed by atoms with Crippen molar-refractivity contribution in [3.8, 4) is 0 Å². The van der Waals surface area contributed by atoms with Crippen molar-refractivity contribution in [2.24, 2.45) is 0 Å². The van der Waals surface area contributed by atoms with Gasteiger partial charge in [0.1, 0.15) is 5.82 Å². The van der Waals surface area contributed by atoms with Crippen LogP contribution >= 0.6 is 11.6 Å². The van der Waals surface area contributed by atoms with E-state index in [9.17, 15) is 4.39 Å². The third-order valence-corrected chi connectivity index (χ3v) is 2.98. The molecule has 0 aliphatic heterocycles. The molecule has 6 heteroatoms. The second-order valence-corrected chi connectivity index (χ2v) is 4.32. The maximum Gasteiger partial charge on any atom is 0.152 e. The Morgan fingerprint density at radius 1 is 1.50 bits per heavy atom. The van der Waals surface area contributed by atoms with Crippen LogP contribution in [0.3, 0.4) is 0 Å². The van der Waals surface area contributed by atoms with Crippen LogP contribution in [-0.4, -0.2) is 9.78 Å². The molecule has 2 aromatic rings. The molecule has 1 aromatic carbocycles. The number of anilines is 3. The van der Waals surface area contributed by atoms with Crippen molar-refractivity contribution in [1.82, 2.24) is 9.78 Å². The van der Waals surface area contributed by atoms with E-state index in [0.29, 0.717) is 28.8 Å². The highest BCUT2D eigenvalue weighted by molar-refractivity contribution is 6.33. The summed E-state index contributed by atoms with van der Waals surface area (Å²) in [5.74, 6) is 0.266. The van der Waals surface area contributed by atoms with E-state index in [2.05, 4.69) is 10.4 Å². The van der Waals surface area contributed by atoms with Gasteiger partial charge in [-0.05, 0) is 32.0 Å². The van der Waals surface area contributed by atoms with Crippen molar-refractivity contribution in [3.63, 3.8) is 0 Å². The average molecular weight is 269 g/mol. The number of halogens is 2. The molecule has 4 nitrogen and oxygen atoms in total. The minimum atomic E-state index is -0.361. The quantitative estimate of drug-likeness (QED) is 0.898. The van der Waals surface area contributed by atoms with Crippen molar-refractivity contribution in [2.75, 3.05) is 11.1 Å². The molecule has 0 unspecified atom stereocenters. The molecule has 1 aromatic heterocycles. The first-order valence-electron chi connectivity index (χ1n) is 5.58. The number of rotatable bonds is 3. The fourth-order valence-electron chi connectivity index (χ4n) is 1.68. The Morgan fingerprint density at radius 3 is 2.89 bits per heavy atom. The van der Waals surface area contributed by atoms with Gasteiger partial charge in [-0.25, -0.2) is 9.07 Å². The van der Waals surface area contributed by atoms with Crippen LogP contribution in [0.2, 0.25) is 5.02 Å². The van der Waals surface area contributed by atoms with Gasteiger partial charge in [-0.1, -0.05) is 11.6 Å². The van der Waals surface area contributed by atoms with Gasteiger partial charge in [0.05, 0.1) is 22.1 Å². The molecule has 3 N–H and O–H groups in total. The number of hydrogen-bond donors (Lipinski definition) is 2. The van der Waals surface area contributed by atoms with Gasteiger partial charge in [0.2, 0.25) is 0 Å². The van der Waals surface area contributed by atoms with E-state index in [4.69, 9.17) is 17.3 Å². The molecule has 0 aliphatic carbocycles. The predicted octanol–water partition coefficient (Wildman–Crippen LogP) is 3.33. The van der Waals surface area contributed by atoms with E-state index < -0.39 is 0 Å². The van der Waals surface area contributed by atoms with Gasteiger partial charge in [-0.15, -0.1) is 0 Å². The molecule has 96 valence electrons. The summed E-state index contributed by atoms with van der Waals surface area (Å²) in [6, 6.07) is 4.12. The van der Waals surface area contributed by atoms with E-state index >= 15 is 0 Å².